The van der Waals surface area contributed by atoms with Crippen LogP contribution in [0.2, 0.25) is 10.0 Å². The number of hydrogen-bond donors (Lipinski definition) is 1. The van der Waals surface area contributed by atoms with Crippen LogP contribution in [0.15, 0.2) is 42.5 Å². The SMILES string of the molecule is Cc1ccc([C@H](O)c2cc(Cl)cc(Cl)c2)cc1. The van der Waals surface area contributed by atoms with Crippen LogP contribution < -0.4 is 0 Å². The summed E-state index contributed by atoms with van der Waals surface area (Å²) < 4.78 is 0. The number of hydrogen-bond acceptors (Lipinski definition) is 1. The van der Waals surface area contributed by atoms with Crippen LogP contribution in [0.4, 0.5) is 0 Å². The molecular formula is C14H12Cl2O. The summed E-state index contributed by atoms with van der Waals surface area (Å²) in [6.07, 6.45) is -0.702. The van der Waals surface area contributed by atoms with E-state index >= 15 is 0 Å². The van der Waals surface area contributed by atoms with Crippen LogP contribution in [-0.2, 0) is 0 Å². The molecule has 0 aliphatic heterocycles. The second kappa shape index (κ2) is 5.09. The first-order chi connectivity index (χ1) is 8.06. The fourth-order valence-electron chi connectivity index (χ4n) is 1.67. The van der Waals surface area contributed by atoms with Gasteiger partial charge in [-0.2, -0.15) is 0 Å². The van der Waals surface area contributed by atoms with Crippen molar-refractivity contribution in [3.63, 3.8) is 0 Å². The highest BCUT2D eigenvalue weighted by atomic mass is 35.5. The average molecular weight is 267 g/mol. The molecule has 0 unspecified atom stereocenters. The van der Waals surface area contributed by atoms with E-state index in [0.29, 0.717) is 15.6 Å². The molecule has 88 valence electrons. The van der Waals surface area contributed by atoms with Crippen LogP contribution >= 0.6 is 23.2 Å². The molecule has 1 nitrogen and oxygen atoms in total. The highest BCUT2D eigenvalue weighted by Gasteiger charge is 2.11. The highest BCUT2D eigenvalue weighted by Crippen LogP contribution is 2.27. The van der Waals surface area contributed by atoms with Gasteiger partial charge in [0.05, 0.1) is 0 Å². The van der Waals surface area contributed by atoms with Crippen LogP contribution in [0.3, 0.4) is 0 Å². The molecule has 2 aromatic carbocycles. The molecule has 2 aromatic rings. The van der Waals surface area contributed by atoms with E-state index in [1.54, 1.807) is 18.2 Å². The maximum Gasteiger partial charge on any atom is 0.104 e. The number of aliphatic hydroxyl groups is 1. The van der Waals surface area contributed by atoms with Gasteiger partial charge in [0.2, 0.25) is 0 Å². The number of benzene rings is 2. The Hall–Kier alpha value is -1.02. The molecule has 0 radical (unpaired) electrons. The summed E-state index contributed by atoms with van der Waals surface area (Å²) in [6, 6.07) is 12.8. The summed E-state index contributed by atoms with van der Waals surface area (Å²) in [5.74, 6) is 0. The minimum atomic E-state index is -0.702. The van der Waals surface area contributed by atoms with Gasteiger partial charge in [0.15, 0.2) is 0 Å². The van der Waals surface area contributed by atoms with E-state index in [9.17, 15) is 5.11 Å². The zero-order valence-corrected chi connectivity index (χ0v) is 10.8. The molecule has 1 atom stereocenters. The molecule has 1 N–H and O–H groups in total. The van der Waals surface area contributed by atoms with Crippen molar-refractivity contribution in [2.24, 2.45) is 0 Å². The Morgan fingerprint density at radius 1 is 0.882 bits per heavy atom. The van der Waals surface area contributed by atoms with Gasteiger partial charge < -0.3 is 5.11 Å². The quantitative estimate of drug-likeness (QED) is 0.855. The molecule has 0 saturated heterocycles. The number of aryl methyl sites for hydroxylation is 1. The van der Waals surface area contributed by atoms with Gasteiger partial charge in [-0.1, -0.05) is 53.0 Å². The molecule has 17 heavy (non-hydrogen) atoms. The Balaban J connectivity index is 2.36. The second-order valence-electron chi connectivity index (χ2n) is 4.02. The largest absolute Gasteiger partial charge is 0.384 e. The standard InChI is InChI=1S/C14H12Cl2O/c1-9-2-4-10(5-3-9)14(17)11-6-12(15)8-13(16)7-11/h2-8,14,17H,1H3/t14-/m0/s1. The first-order valence-electron chi connectivity index (χ1n) is 5.27. The van der Waals surface area contributed by atoms with E-state index in [2.05, 4.69) is 0 Å². The lowest BCUT2D eigenvalue weighted by molar-refractivity contribution is 0.220. The zero-order valence-electron chi connectivity index (χ0n) is 9.32. The van der Waals surface area contributed by atoms with Crippen molar-refractivity contribution in [3.8, 4) is 0 Å². The van der Waals surface area contributed by atoms with E-state index in [0.717, 1.165) is 11.1 Å². The Labute approximate surface area is 111 Å². The van der Waals surface area contributed by atoms with E-state index < -0.39 is 6.10 Å². The molecule has 3 heteroatoms. The lowest BCUT2D eigenvalue weighted by Gasteiger charge is -2.12. The number of rotatable bonds is 2. The summed E-state index contributed by atoms with van der Waals surface area (Å²) in [7, 11) is 0. The fourth-order valence-corrected chi connectivity index (χ4v) is 2.22. The van der Waals surface area contributed by atoms with Crippen LogP contribution in [0.5, 0.6) is 0 Å². The summed E-state index contributed by atoms with van der Waals surface area (Å²) >= 11 is 11.8. The van der Waals surface area contributed by atoms with Crippen molar-refractivity contribution in [2.75, 3.05) is 0 Å². The smallest absolute Gasteiger partial charge is 0.104 e. The molecule has 0 aliphatic rings. The van der Waals surface area contributed by atoms with E-state index in [1.165, 1.54) is 0 Å². The fraction of sp³-hybridized carbons (Fsp3) is 0.143. The van der Waals surface area contributed by atoms with E-state index in [-0.39, 0.29) is 0 Å². The zero-order chi connectivity index (χ0) is 12.4. The number of halogens is 2. The molecule has 0 bridgehead atoms. The topological polar surface area (TPSA) is 20.2 Å². The van der Waals surface area contributed by atoms with Gasteiger partial charge in [0, 0.05) is 10.0 Å². The third kappa shape index (κ3) is 3.01. The van der Waals surface area contributed by atoms with Crippen LogP contribution in [0.1, 0.15) is 22.8 Å². The number of aliphatic hydroxyl groups excluding tert-OH is 1. The van der Waals surface area contributed by atoms with Crippen molar-refractivity contribution < 1.29 is 5.11 Å². The minimum Gasteiger partial charge on any atom is -0.384 e. The first-order valence-corrected chi connectivity index (χ1v) is 6.02. The summed E-state index contributed by atoms with van der Waals surface area (Å²) in [6.45, 7) is 2.01. The van der Waals surface area contributed by atoms with Gasteiger partial charge in [0.1, 0.15) is 6.10 Å². The van der Waals surface area contributed by atoms with Gasteiger partial charge in [-0.15, -0.1) is 0 Å². The first kappa shape index (κ1) is 12.4. The molecule has 0 fully saturated rings. The molecule has 0 spiro atoms. The normalized spacial score (nSPS) is 12.5. The molecule has 0 aliphatic carbocycles. The molecule has 0 aromatic heterocycles. The third-order valence-corrected chi connectivity index (χ3v) is 3.03. The van der Waals surface area contributed by atoms with Gasteiger partial charge in [0.25, 0.3) is 0 Å². The molecule has 0 amide bonds. The van der Waals surface area contributed by atoms with E-state index in [1.807, 2.05) is 31.2 Å². The maximum absolute atomic E-state index is 10.2. The Bertz CT molecular complexity index is 500. The lowest BCUT2D eigenvalue weighted by Crippen LogP contribution is -1.99. The monoisotopic (exact) mass is 266 g/mol. The van der Waals surface area contributed by atoms with Crippen LogP contribution in [0.25, 0.3) is 0 Å². The second-order valence-corrected chi connectivity index (χ2v) is 4.89. The van der Waals surface area contributed by atoms with Gasteiger partial charge >= 0.3 is 0 Å². The lowest BCUT2D eigenvalue weighted by atomic mass is 10.0. The van der Waals surface area contributed by atoms with Crippen molar-refractivity contribution >= 4 is 23.2 Å². The molecule has 2 rings (SSSR count). The van der Waals surface area contributed by atoms with Crippen LogP contribution in [0, 0.1) is 6.92 Å². The summed E-state index contributed by atoms with van der Waals surface area (Å²) in [4.78, 5) is 0. The molecule has 0 saturated carbocycles. The Kier molecular flexibility index (Phi) is 3.72. The van der Waals surface area contributed by atoms with Crippen molar-refractivity contribution in [1.82, 2.24) is 0 Å². The van der Waals surface area contributed by atoms with E-state index in [4.69, 9.17) is 23.2 Å². The van der Waals surface area contributed by atoms with Gasteiger partial charge in [-0.05, 0) is 36.2 Å². The van der Waals surface area contributed by atoms with Crippen LogP contribution in [-0.4, -0.2) is 5.11 Å². The minimum absolute atomic E-state index is 0.527. The maximum atomic E-state index is 10.2. The van der Waals surface area contributed by atoms with Crippen molar-refractivity contribution in [3.05, 3.63) is 69.2 Å². The molecular weight excluding hydrogens is 255 g/mol. The Morgan fingerprint density at radius 2 is 1.41 bits per heavy atom. The predicted molar refractivity (Wildman–Crippen MR) is 71.7 cm³/mol. The van der Waals surface area contributed by atoms with Crippen molar-refractivity contribution in [2.45, 2.75) is 13.0 Å². The Morgan fingerprint density at radius 3 is 1.94 bits per heavy atom. The van der Waals surface area contributed by atoms with Gasteiger partial charge in [-0.3, -0.25) is 0 Å². The summed E-state index contributed by atoms with van der Waals surface area (Å²) in [5.41, 5.74) is 2.69. The predicted octanol–water partition coefficient (Wildman–Crippen LogP) is 4.38. The molecule has 0 heterocycles. The summed E-state index contributed by atoms with van der Waals surface area (Å²) in [5, 5.41) is 11.3. The average Bonchev–Trinajstić information content (AvgIpc) is 2.28. The third-order valence-electron chi connectivity index (χ3n) is 2.59. The van der Waals surface area contributed by atoms with Gasteiger partial charge in [-0.25, -0.2) is 0 Å². The highest BCUT2D eigenvalue weighted by molar-refractivity contribution is 6.34. The van der Waals surface area contributed by atoms with Crippen molar-refractivity contribution in [1.29, 1.82) is 0 Å².